The summed E-state index contributed by atoms with van der Waals surface area (Å²) in [6, 6.07) is 6.29. The summed E-state index contributed by atoms with van der Waals surface area (Å²) < 4.78 is 18.6. The lowest BCUT2D eigenvalue weighted by molar-refractivity contribution is 0.410. The molecule has 0 aliphatic rings. The van der Waals surface area contributed by atoms with Crippen LogP contribution in [0.4, 0.5) is 4.39 Å². The standard InChI is InChI=1S/C13H14FN3O/c1-2-15-7-10-8-16-13(17-9-10)18-12-6-4-3-5-11(12)14/h3-6,8-9,15H,2,7H2,1H3. The van der Waals surface area contributed by atoms with Crippen LogP contribution in [0, 0.1) is 5.82 Å². The highest BCUT2D eigenvalue weighted by molar-refractivity contribution is 5.26. The normalized spacial score (nSPS) is 10.3. The number of nitrogens with zero attached hydrogens (tertiary/aromatic N) is 2. The average Bonchev–Trinajstić information content (AvgIpc) is 2.41. The predicted molar refractivity (Wildman–Crippen MR) is 65.9 cm³/mol. The predicted octanol–water partition coefficient (Wildman–Crippen LogP) is 2.52. The third-order valence-corrected chi connectivity index (χ3v) is 2.30. The van der Waals surface area contributed by atoms with E-state index in [4.69, 9.17) is 4.74 Å². The Kier molecular flexibility index (Phi) is 4.20. The van der Waals surface area contributed by atoms with E-state index in [0.717, 1.165) is 12.1 Å². The lowest BCUT2D eigenvalue weighted by Gasteiger charge is -2.05. The Morgan fingerprint density at radius 1 is 1.22 bits per heavy atom. The number of aromatic nitrogens is 2. The number of hydrogen-bond donors (Lipinski definition) is 1. The zero-order chi connectivity index (χ0) is 12.8. The molecule has 1 aromatic carbocycles. The van der Waals surface area contributed by atoms with Crippen LogP contribution in [0.25, 0.3) is 0 Å². The summed E-state index contributed by atoms with van der Waals surface area (Å²) >= 11 is 0. The molecule has 0 atom stereocenters. The van der Waals surface area contributed by atoms with Gasteiger partial charge in [0.05, 0.1) is 0 Å². The van der Waals surface area contributed by atoms with E-state index in [1.165, 1.54) is 12.1 Å². The van der Waals surface area contributed by atoms with Crippen LogP contribution in [0.3, 0.4) is 0 Å². The molecule has 1 N–H and O–H groups in total. The van der Waals surface area contributed by atoms with Gasteiger partial charge in [0, 0.05) is 24.5 Å². The minimum atomic E-state index is -0.433. The van der Waals surface area contributed by atoms with Gasteiger partial charge in [-0.15, -0.1) is 0 Å². The molecular weight excluding hydrogens is 233 g/mol. The van der Waals surface area contributed by atoms with Gasteiger partial charge < -0.3 is 10.1 Å². The third kappa shape index (κ3) is 3.24. The van der Waals surface area contributed by atoms with E-state index in [9.17, 15) is 4.39 Å². The van der Waals surface area contributed by atoms with Gasteiger partial charge >= 0.3 is 6.01 Å². The van der Waals surface area contributed by atoms with Gasteiger partial charge in [-0.25, -0.2) is 14.4 Å². The van der Waals surface area contributed by atoms with Crippen molar-refractivity contribution in [1.29, 1.82) is 0 Å². The summed E-state index contributed by atoms with van der Waals surface area (Å²) in [4.78, 5) is 8.06. The molecule has 18 heavy (non-hydrogen) atoms. The van der Waals surface area contributed by atoms with Crippen LogP contribution < -0.4 is 10.1 Å². The summed E-state index contributed by atoms with van der Waals surface area (Å²) in [6.07, 6.45) is 3.32. The smallest absolute Gasteiger partial charge is 0.321 e. The molecule has 5 heteroatoms. The van der Waals surface area contributed by atoms with Gasteiger partial charge in [0.2, 0.25) is 0 Å². The number of nitrogens with one attached hydrogen (secondary N) is 1. The second-order valence-corrected chi connectivity index (χ2v) is 3.69. The van der Waals surface area contributed by atoms with Crippen LogP contribution in [0.15, 0.2) is 36.7 Å². The van der Waals surface area contributed by atoms with E-state index < -0.39 is 5.82 Å². The molecule has 0 saturated carbocycles. The summed E-state index contributed by atoms with van der Waals surface area (Å²) in [5.41, 5.74) is 0.956. The van der Waals surface area contributed by atoms with Crippen molar-refractivity contribution in [3.8, 4) is 11.8 Å². The van der Waals surface area contributed by atoms with Crippen LogP contribution >= 0.6 is 0 Å². The molecule has 0 fully saturated rings. The number of halogens is 1. The fraction of sp³-hybridized carbons (Fsp3) is 0.231. The first kappa shape index (κ1) is 12.4. The van der Waals surface area contributed by atoms with Gasteiger partial charge in [0.15, 0.2) is 11.6 Å². The molecule has 0 saturated heterocycles. The molecule has 4 nitrogen and oxygen atoms in total. The van der Waals surface area contributed by atoms with Crippen LogP contribution in [0.2, 0.25) is 0 Å². The Hall–Kier alpha value is -2.01. The summed E-state index contributed by atoms with van der Waals surface area (Å²) in [5, 5.41) is 3.16. The number of ether oxygens (including phenoxy) is 1. The fourth-order valence-corrected chi connectivity index (χ4v) is 1.38. The van der Waals surface area contributed by atoms with Gasteiger partial charge in [-0.2, -0.15) is 0 Å². The number of hydrogen-bond acceptors (Lipinski definition) is 4. The topological polar surface area (TPSA) is 47.0 Å². The molecule has 94 valence electrons. The first-order valence-electron chi connectivity index (χ1n) is 5.73. The number of rotatable bonds is 5. The van der Waals surface area contributed by atoms with Crippen molar-refractivity contribution in [3.63, 3.8) is 0 Å². The van der Waals surface area contributed by atoms with E-state index in [0.29, 0.717) is 6.54 Å². The highest BCUT2D eigenvalue weighted by atomic mass is 19.1. The third-order valence-electron chi connectivity index (χ3n) is 2.30. The van der Waals surface area contributed by atoms with E-state index in [2.05, 4.69) is 15.3 Å². The van der Waals surface area contributed by atoms with Crippen LogP contribution in [-0.4, -0.2) is 16.5 Å². The second kappa shape index (κ2) is 6.07. The Balaban J connectivity index is 2.04. The lowest BCUT2D eigenvalue weighted by Crippen LogP contribution is -2.12. The molecule has 0 radical (unpaired) electrons. The molecule has 0 bridgehead atoms. The highest BCUT2D eigenvalue weighted by Crippen LogP contribution is 2.20. The molecule has 1 aromatic heterocycles. The van der Waals surface area contributed by atoms with Crippen LogP contribution in [0.1, 0.15) is 12.5 Å². The fourth-order valence-electron chi connectivity index (χ4n) is 1.38. The quantitative estimate of drug-likeness (QED) is 0.882. The number of benzene rings is 1. The van der Waals surface area contributed by atoms with Crippen molar-refractivity contribution in [1.82, 2.24) is 15.3 Å². The van der Waals surface area contributed by atoms with Crippen molar-refractivity contribution in [2.75, 3.05) is 6.54 Å². The Morgan fingerprint density at radius 3 is 2.61 bits per heavy atom. The van der Waals surface area contributed by atoms with Gasteiger partial charge in [-0.1, -0.05) is 19.1 Å². The minimum Gasteiger partial charge on any atom is -0.421 e. The molecular formula is C13H14FN3O. The molecule has 2 rings (SSSR count). The monoisotopic (exact) mass is 247 g/mol. The largest absolute Gasteiger partial charge is 0.421 e. The molecule has 2 aromatic rings. The average molecular weight is 247 g/mol. The van der Waals surface area contributed by atoms with E-state index in [-0.39, 0.29) is 11.8 Å². The molecule has 0 aliphatic heterocycles. The summed E-state index contributed by atoms with van der Waals surface area (Å²) in [7, 11) is 0. The van der Waals surface area contributed by atoms with Gasteiger partial charge in [-0.3, -0.25) is 0 Å². The van der Waals surface area contributed by atoms with Crippen molar-refractivity contribution < 1.29 is 9.13 Å². The summed E-state index contributed by atoms with van der Waals surface area (Å²) in [5.74, 6) is -0.310. The van der Waals surface area contributed by atoms with Crippen molar-refractivity contribution in [3.05, 3.63) is 48.0 Å². The van der Waals surface area contributed by atoms with Gasteiger partial charge in [0.1, 0.15) is 0 Å². The maximum Gasteiger partial charge on any atom is 0.321 e. The van der Waals surface area contributed by atoms with Crippen molar-refractivity contribution >= 4 is 0 Å². The minimum absolute atomic E-state index is 0.122. The SMILES string of the molecule is CCNCc1cnc(Oc2ccccc2F)nc1. The van der Waals surface area contributed by atoms with E-state index in [1.54, 1.807) is 24.5 Å². The van der Waals surface area contributed by atoms with E-state index >= 15 is 0 Å². The first-order valence-corrected chi connectivity index (χ1v) is 5.73. The summed E-state index contributed by atoms with van der Waals surface area (Å²) in [6.45, 7) is 3.61. The maximum atomic E-state index is 13.3. The molecule has 0 spiro atoms. The Morgan fingerprint density at radius 2 is 1.94 bits per heavy atom. The van der Waals surface area contributed by atoms with Gasteiger partial charge in [-0.05, 0) is 18.7 Å². The van der Waals surface area contributed by atoms with Crippen molar-refractivity contribution in [2.45, 2.75) is 13.5 Å². The highest BCUT2D eigenvalue weighted by Gasteiger charge is 2.05. The zero-order valence-electron chi connectivity index (χ0n) is 10.1. The van der Waals surface area contributed by atoms with Crippen LogP contribution in [-0.2, 0) is 6.54 Å². The van der Waals surface area contributed by atoms with Crippen LogP contribution in [0.5, 0.6) is 11.8 Å². The zero-order valence-corrected chi connectivity index (χ0v) is 10.1. The maximum absolute atomic E-state index is 13.3. The Labute approximate surface area is 105 Å². The molecule has 1 heterocycles. The lowest BCUT2D eigenvalue weighted by atomic mass is 10.3. The van der Waals surface area contributed by atoms with Crippen molar-refractivity contribution in [2.24, 2.45) is 0 Å². The first-order chi connectivity index (χ1) is 8.79. The number of para-hydroxylation sites is 1. The van der Waals surface area contributed by atoms with E-state index in [1.807, 2.05) is 6.92 Å². The molecule has 0 unspecified atom stereocenters. The molecule has 0 aliphatic carbocycles. The molecule has 0 amide bonds. The Bertz CT molecular complexity index is 502. The second-order valence-electron chi connectivity index (χ2n) is 3.69. The van der Waals surface area contributed by atoms with Gasteiger partial charge in [0.25, 0.3) is 0 Å².